The molecule has 3 unspecified atom stereocenters. The van der Waals surface area contributed by atoms with E-state index in [9.17, 15) is 19.5 Å². The molecule has 4 atom stereocenters. The van der Waals surface area contributed by atoms with Gasteiger partial charge in [0.05, 0.1) is 5.41 Å². The van der Waals surface area contributed by atoms with Crippen LogP contribution in [-0.4, -0.2) is 67.3 Å². The van der Waals surface area contributed by atoms with Crippen LogP contribution in [0.25, 0.3) is 11.1 Å². The molecular formula is C27H31N3O5. The average Bonchev–Trinajstić information content (AvgIpc) is 3.25. The van der Waals surface area contributed by atoms with E-state index < -0.39 is 23.5 Å². The molecule has 0 spiro atoms. The molecule has 2 aromatic rings. The Labute approximate surface area is 204 Å². The van der Waals surface area contributed by atoms with Crippen molar-refractivity contribution in [2.75, 3.05) is 27.2 Å². The first-order valence-corrected chi connectivity index (χ1v) is 12.1. The molecular weight excluding hydrogens is 446 g/mol. The maximum absolute atomic E-state index is 12.9. The molecule has 3 N–H and O–H groups in total. The predicted molar refractivity (Wildman–Crippen MR) is 130 cm³/mol. The van der Waals surface area contributed by atoms with E-state index in [4.69, 9.17) is 4.74 Å². The summed E-state index contributed by atoms with van der Waals surface area (Å²) in [5.74, 6) is -1.12. The van der Waals surface area contributed by atoms with E-state index in [2.05, 4.69) is 34.9 Å². The molecule has 3 aliphatic rings. The standard InChI is InChI=1S/C27H31N3O5/c1-30(2)14-23(24(31)32)29-25(33)27-12-16(27)11-17(13-27)28-26(34)35-15-22-20-9-5-3-7-18(20)19-8-4-6-10-21(19)22/h3-10,16-17,22-23H,11-15H2,1-2H3,(H,28,34)(H,29,33)(H,31,32)/t16?,17?,23-,27?/m0/s1. The van der Waals surface area contributed by atoms with Crippen molar-refractivity contribution in [3.8, 4) is 11.1 Å². The second-order valence-electron chi connectivity index (χ2n) is 10.3. The third-order valence-corrected chi connectivity index (χ3v) is 7.68. The number of rotatable bonds is 8. The maximum atomic E-state index is 12.9. The highest BCUT2D eigenvalue weighted by molar-refractivity contribution is 5.90. The van der Waals surface area contributed by atoms with Gasteiger partial charge in [0.2, 0.25) is 5.91 Å². The van der Waals surface area contributed by atoms with E-state index in [1.807, 2.05) is 24.3 Å². The fourth-order valence-electron chi connectivity index (χ4n) is 5.95. The van der Waals surface area contributed by atoms with Gasteiger partial charge in [-0.2, -0.15) is 0 Å². The Morgan fingerprint density at radius 3 is 2.29 bits per heavy atom. The number of likely N-dealkylation sites (N-methyl/N-ethyl adjacent to an activating group) is 1. The number of carbonyl (C=O) groups excluding carboxylic acids is 2. The van der Waals surface area contributed by atoms with Gasteiger partial charge < -0.3 is 25.4 Å². The van der Waals surface area contributed by atoms with E-state index in [0.29, 0.717) is 12.8 Å². The Bertz CT molecular complexity index is 1120. The number of aliphatic carboxylic acids is 1. The highest BCUT2D eigenvalue weighted by Crippen LogP contribution is 2.63. The Hall–Kier alpha value is -3.39. The normalized spacial score (nSPS) is 24.8. The van der Waals surface area contributed by atoms with Crippen LogP contribution in [0.4, 0.5) is 4.79 Å². The van der Waals surface area contributed by atoms with Crippen molar-refractivity contribution in [1.29, 1.82) is 0 Å². The van der Waals surface area contributed by atoms with Gasteiger partial charge in [-0.05, 0) is 61.5 Å². The molecule has 0 bridgehead atoms. The number of fused-ring (bicyclic) bond motifs is 4. The summed E-state index contributed by atoms with van der Waals surface area (Å²) in [6.45, 7) is 0.468. The van der Waals surface area contributed by atoms with Gasteiger partial charge in [0.1, 0.15) is 12.6 Å². The lowest BCUT2D eigenvalue weighted by atomic mass is 9.98. The van der Waals surface area contributed by atoms with Gasteiger partial charge in [-0.3, -0.25) is 4.79 Å². The second kappa shape index (κ2) is 9.00. The lowest BCUT2D eigenvalue weighted by Gasteiger charge is -2.22. The Morgan fingerprint density at radius 1 is 1.06 bits per heavy atom. The van der Waals surface area contributed by atoms with E-state index in [1.54, 1.807) is 19.0 Å². The van der Waals surface area contributed by atoms with Gasteiger partial charge in [0.15, 0.2) is 0 Å². The molecule has 184 valence electrons. The quantitative estimate of drug-likeness (QED) is 0.540. The Morgan fingerprint density at radius 2 is 1.69 bits per heavy atom. The highest BCUT2D eigenvalue weighted by atomic mass is 16.5. The molecule has 2 amide bonds. The number of alkyl carbamates (subject to hydrolysis) is 1. The topological polar surface area (TPSA) is 108 Å². The number of benzene rings is 2. The summed E-state index contributed by atoms with van der Waals surface area (Å²) in [6.07, 6.45) is 1.45. The van der Waals surface area contributed by atoms with E-state index in [0.717, 1.165) is 17.5 Å². The number of hydrogen-bond acceptors (Lipinski definition) is 5. The Kier molecular flexibility index (Phi) is 6.01. The van der Waals surface area contributed by atoms with Crippen LogP contribution >= 0.6 is 0 Å². The van der Waals surface area contributed by atoms with Crippen molar-refractivity contribution in [3.05, 3.63) is 59.7 Å². The van der Waals surface area contributed by atoms with Gasteiger partial charge in [-0.15, -0.1) is 0 Å². The lowest BCUT2D eigenvalue weighted by molar-refractivity contribution is -0.143. The predicted octanol–water partition coefficient (Wildman–Crippen LogP) is 2.82. The minimum Gasteiger partial charge on any atom is -0.480 e. The van der Waals surface area contributed by atoms with Crippen molar-refractivity contribution >= 4 is 18.0 Å². The fraction of sp³-hybridized carbons (Fsp3) is 0.444. The van der Waals surface area contributed by atoms with Gasteiger partial charge in [0.25, 0.3) is 0 Å². The monoisotopic (exact) mass is 477 g/mol. The number of amides is 2. The SMILES string of the molecule is CN(C)C[C@H](NC(=O)C12CC(NC(=O)OCC3c4ccccc4-c4ccccc43)CC1C2)C(=O)O. The zero-order chi connectivity index (χ0) is 24.7. The van der Waals surface area contributed by atoms with E-state index >= 15 is 0 Å². The molecule has 0 saturated heterocycles. The molecule has 3 aliphatic carbocycles. The first-order chi connectivity index (χ1) is 16.8. The Balaban J connectivity index is 1.16. The molecule has 0 radical (unpaired) electrons. The summed E-state index contributed by atoms with van der Waals surface area (Å²) >= 11 is 0. The average molecular weight is 478 g/mol. The summed E-state index contributed by atoms with van der Waals surface area (Å²) in [7, 11) is 3.54. The maximum Gasteiger partial charge on any atom is 0.407 e. The van der Waals surface area contributed by atoms with E-state index in [-0.39, 0.29) is 36.9 Å². The molecule has 2 saturated carbocycles. The molecule has 8 nitrogen and oxygen atoms in total. The molecule has 5 rings (SSSR count). The number of carbonyl (C=O) groups is 3. The molecule has 0 heterocycles. The number of carboxylic acid groups (broad SMARTS) is 1. The molecule has 2 aromatic carbocycles. The summed E-state index contributed by atoms with van der Waals surface area (Å²) in [4.78, 5) is 38.8. The second-order valence-corrected chi connectivity index (χ2v) is 10.3. The van der Waals surface area contributed by atoms with Gasteiger partial charge in [-0.1, -0.05) is 48.5 Å². The first-order valence-electron chi connectivity index (χ1n) is 12.1. The zero-order valence-electron chi connectivity index (χ0n) is 20.0. The van der Waals surface area contributed by atoms with Crippen molar-refractivity contribution < 1.29 is 24.2 Å². The summed E-state index contributed by atoms with van der Waals surface area (Å²) < 4.78 is 5.65. The van der Waals surface area contributed by atoms with Gasteiger partial charge in [-0.25, -0.2) is 9.59 Å². The third kappa shape index (κ3) is 4.38. The summed E-state index contributed by atoms with van der Waals surface area (Å²) in [5.41, 5.74) is 4.08. The molecule has 8 heteroatoms. The first kappa shape index (κ1) is 23.4. The number of nitrogens with one attached hydrogen (secondary N) is 2. The van der Waals surface area contributed by atoms with Crippen molar-refractivity contribution in [1.82, 2.24) is 15.5 Å². The third-order valence-electron chi connectivity index (χ3n) is 7.68. The van der Waals surface area contributed by atoms with Crippen LogP contribution in [0.15, 0.2) is 48.5 Å². The van der Waals surface area contributed by atoms with Gasteiger partial charge in [0, 0.05) is 18.5 Å². The van der Waals surface area contributed by atoms with Crippen molar-refractivity contribution in [2.45, 2.75) is 37.3 Å². The van der Waals surface area contributed by atoms with E-state index in [1.165, 1.54) is 11.1 Å². The van der Waals surface area contributed by atoms with Crippen LogP contribution in [0.1, 0.15) is 36.3 Å². The van der Waals surface area contributed by atoms with Crippen LogP contribution in [0, 0.1) is 11.3 Å². The van der Waals surface area contributed by atoms with Crippen molar-refractivity contribution in [2.24, 2.45) is 11.3 Å². The lowest BCUT2D eigenvalue weighted by Crippen LogP contribution is -2.49. The summed E-state index contributed by atoms with van der Waals surface area (Å²) in [5, 5.41) is 15.1. The molecule has 0 aromatic heterocycles. The number of ether oxygens (including phenoxy) is 1. The van der Waals surface area contributed by atoms with Crippen LogP contribution in [0.3, 0.4) is 0 Å². The van der Waals surface area contributed by atoms with Gasteiger partial charge >= 0.3 is 12.1 Å². The fourth-order valence-corrected chi connectivity index (χ4v) is 5.95. The molecule has 2 fully saturated rings. The zero-order valence-corrected chi connectivity index (χ0v) is 20.0. The van der Waals surface area contributed by atoms with Crippen LogP contribution in [0.2, 0.25) is 0 Å². The highest BCUT2D eigenvalue weighted by Gasteiger charge is 2.65. The molecule has 0 aliphatic heterocycles. The minimum absolute atomic E-state index is 0.00750. The van der Waals surface area contributed by atoms with Crippen molar-refractivity contribution in [3.63, 3.8) is 0 Å². The minimum atomic E-state index is -1.05. The largest absolute Gasteiger partial charge is 0.480 e. The summed E-state index contributed by atoms with van der Waals surface area (Å²) in [6, 6.07) is 15.3. The molecule has 35 heavy (non-hydrogen) atoms. The van der Waals surface area contributed by atoms with Crippen LogP contribution in [-0.2, 0) is 14.3 Å². The number of hydrogen-bond donors (Lipinski definition) is 3. The number of nitrogens with zero attached hydrogens (tertiary/aromatic N) is 1. The van der Waals surface area contributed by atoms with Crippen LogP contribution in [0.5, 0.6) is 0 Å². The number of carboxylic acids is 1. The smallest absolute Gasteiger partial charge is 0.407 e. The van der Waals surface area contributed by atoms with Crippen LogP contribution < -0.4 is 10.6 Å².